The molecule has 7 aromatic carbocycles. The summed E-state index contributed by atoms with van der Waals surface area (Å²) in [6.07, 6.45) is 0. The Labute approximate surface area is 296 Å². The molecule has 2 aromatic heterocycles. The molecule has 0 atom stereocenters. The number of anilines is 3. The van der Waals surface area contributed by atoms with Crippen LogP contribution in [0, 0.1) is 13.8 Å². The highest BCUT2D eigenvalue weighted by atomic mass is 16.5. The van der Waals surface area contributed by atoms with Crippen molar-refractivity contribution >= 4 is 38.9 Å². The standard InChI is InChI=1S/C46H34N4O/c1-31-28-36(33-22-24-35(25-23-33)46-47-45(48-51-46)34-14-6-3-7-15-34)29-32(2)44(31)50-42-21-13-12-20-40(42)41-30-39(26-27-43(41)50)49(37-16-8-4-9-17-37)38-18-10-5-11-19-38/h3-30H,1-2H3. The van der Waals surface area contributed by atoms with Crippen LogP contribution in [-0.4, -0.2) is 14.7 Å². The Hall–Kier alpha value is -6.72. The lowest BCUT2D eigenvalue weighted by atomic mass is 9.97. The summed E-state index contributed by atoms with van der Waals surface area (Å²) < 4.78 is 8.05. The van der Waals surface area contributed by atoms with Crippen molar-refractivity contribution in [2.24, 2.45) is 0 Å². The molecule has 0 unspecified atom stereocenters. The van der Waals surface area contributed by atoms with Gasteiger partial charge < -0.3 is 14.0 Å². The van der Waals surface area contributed by atoms with Crippen molar-refractivity contribution in [1.29, 1.82) is 0 Å². The topological polar surface area (TPSA) is 47.1 Å². The van der Waals surface area contributed by atoms with Gasteiger partial charge in [0.1, 0.15) is 0 Å². The fraction of sp³-hybridized carbons (Fsp3) is 0.0435. The van der Waals surface area contributed by atoms with E-state index in [-0.39, 0.29) is 0 Å². The lowest BCUT2D eigenvalue weighted by molar-refractivity contribution is 0.432. The molecule has 0 fully saturated rings. The third kappa shape index (κ3) is 5.45. The Morgan fingerprint density at radius 1 is 0.471 bits per heavy atom. The summed E-state index contributed by atoms with van der Waals surface area (Å²) in [4.78, 5) is 6.96. The fourth-order valence-corrected chi connectivity index (χ4v) is 7.27. The first kappa shape index (κ1) is 30.3. The Kier molecular flexibility index (Phi) is 7.51. The summed E-state index contributed by atoms with van der Waals surface area (Å²) in [5.41, 5.74) is 13.5. The first-order valence-corrected chi connectivity index (χ1v) is 17.2. The van der Waals surface area contributed by atoms with Crippen molar-refractivity contribution in [2.45, 2.75) is 13.8 Å². The molecular formula is C46H34N4O. The maximum atomic E-state index is 5.62. The van der Waals surface area contributed by atoms with E-state index in [4.69, 9.17) is 4.52 Å². The highest BCUT2D eigenvalue weighted by molar-refractivity contribution is 6.11. The summed E-state index contributed by atoms with van der Waals surface area (Å²) >= 11 is 0. The molecule has 0 aliphatic rings. The van der Waals surface area contributed by atoms with Gasteiger partial charge in [-0.2, -0.15) is 4.98 Å². The van der Waals surface area contributed by atoms with Crippen molar-refractivity contribution in [3.8, 4) is 39.7 Å². The zero-order valence-electron chi connectivity index (χ0n) is 28.4. The minimum Gasteiger partial charge on any atom is -0.334 e. The molecule has 0 aliphatic heterocycles. The van der Waals surface area contributed by atoms with Gasteiger partial charge in [0, 0.05) is 39.0 Å². The van der Waals surface area contributed by atoms with Crippen LogP contribution in [0.4, 0.5) is 17.1 Å². The van der Waals surface area contributed by atoms with Gasteiger partial charge in [-0.1, -0.05) is 102 Å². The Morgan fingerprint density at radius 2 is 1.04 bits per heavy atom. The normalized spacial score (nSPS) is 11.3. The third-order valence-corrected chi connectivity index (χ3v) is 9.58. The summed E-state index contributed by atoms with van der Waals surface area (Å²) in [6, 6.07) is 59.5. The molecule has 0 N–H and O–H groups in total. The number of fused-ring (bicyclic) bond motifs is 3. The lowest BCUT2D eigenvalue weighted by Crippen LogP contribution is -2.09. The van der Waals surface area contributed by atoms with Gasteiger partial charge in [0.05, 0.1) is 16.7 Å². The zero-order valence-corrected chi connectivity index (χ0v) is 28.4. The number of benzene rings is 7. The second kappa shape index (κ2) is 12.6. The second-order valence-corrected chi connectivity index (χ2v) is 12.9. The van der Waals surface area contributed by atoms with Gasteiger partial charge in [0.25, 0.3) is 5.89 Å². The summed E-state index contributed by atoms with van der Waals surface area (Å²) in [5, 5.41) is 6.64. The molecule has 0 aliphatic carbocycles. The Bertz CT molecular complexity index is 2580. The predicted molar refractivity (Wildman–Crippen MR) is 209 cm³/mol. The molecule has 5 nitrogen and oxygen atoms in total. The molecule has 0 amide bonds. The van der Waals surface area contributed by atoms with E-state index in [1.807, 2.05) is 30.3 Å². The fourth-order valence-electron chi connectivity index (χ4n) is 7.27. The van der Waals surface area contributed by atoms with Crippen LogP contribution in [-0.2, 0) is 0 Å². The molecule has 0 radical (unpaired) electrons. The summed E-state index contributed by atoms with van der Waals surface area (Å²) in [7, 11) is 0. The Balaban J connectivity index is 1.10. The van der Waals surface area contributed by atoms with Gasteiger partial charge in [-0.25, -0.2) is 0 Å². The van der Waals surface area contributed by atoms with E-state index < -0.39 is 0 Å². The molecular weight excluding hydrogens is 625 g/mol. The van der Waals surface area contributed by atoms with Gasteiger partial charge in [0.2, 0.25) is 5.82 Å². The quantitative estimate of drug-likeness (QED) is 0.171. The van der Waals surface area contributed by atoms with Crippen molar-refractivity contribution in [3.63, 3.8) is 0 Å². The Morgan fingerprint density at radius 3 is 1.71 bits per heavy atom. The van der Waals surface area contributed by atoms with Crippen LogP contribution in [0.15, 0.2) is 174 Å². The van der Waals surface area contributed by atoms with Crippen LogP contribution >= 0.6 is 0 Å². The number of para-hydroxylation sites is 3. The molecule has 51 heavy (non-hydrogen) atoms. The van der Waals surface area contributed by atoms with Crippen molar-refractivity contribution in [1.82, 2.24) is 14.7 Å². The van der Waals surface area contributed by atoms with Gasteiger partial charge in [-0.3, -0.25) is 0 Å². The van der Waals surface area contributed by atoms with E-state index in [1.54, 1.807) is 0 Å². The average molecular weight is 659 g/mol. The molecule has 244 valence electrons. The number of hydrogen-bond donors (Lipinski definition) is 0. The van der Waals surface area contributed by atoms with Crippen molar-refractivity contribution in [3.05, 3.63) is 181 Å². The highest BCUT2D eigenvalue weighted by Gasteiger charge is 2.19. The van der Waals surface area contributed by atoms with E-state index in [0.29, 0.717) is 11.7 Å². The van der Waals surface area contributed by atoms with E-state index in [9.17, 15) is 0 Å². The molecule has 5 heteroatoms. The van der Waals surface area contributed by atoms with Gasteiger partial charge in [-0.15, -0.1) is 0 Å². The predicted octanol–water partition coefficient (Wildman–Crippen LogP) is 12.3. The number of rotatable bonds is 7. The molecule has 0 spiro atoms. The van der Waals surface area contributed by atoms with E-state index >= 15 is 0 Å². The minimum absolute atomic E-state index is 0.508. The van der Waals surface area contributed by atoms with Crippen LogP contribution < -0.4 is 4.90 Å². The van der Waals surface area contributed by atoms with Gasteiger partial charge in [-0.05, 0) is 109 Å². The molecule has 9 rings (SSSR count). The molecule has 2 heterocycles. The van der Waals surface area contributed by atoms with Crippen LogP contribution in [0.1, 0.15) is 11.1 Å². The number of aryl methyl sites for hydroxylation is 2. The maximum absolute atomic E-state index is 5.62. The van der Waals surface area contributed by atoms with Gasteiger partial charge >= 0.3 is 0 Å². The second-order valence-electron chi connectivity index (χ2n) is 12.9. The van der Waals surface area contributed by atoms with Crippen LogP contribution in [0.25, 0.3) is 61.5 Å². The lowest BCUT2D eigenvalue weighted by Gasteiger charge is -2.25. The smallest absolute Gasteiger partial charge is 0.258 e. The molecule has 0 saturated carbocycles. The number of nitrogens with zero attached hydrogens (tertiary/aromatic N) is 4. The SMILES string of the molecule is Cc1cc(-c2ccc(-c3nc(-c4ccccc4)no3)cc2)cc(C)c1-n1c2ccccc2c2cc(N(c3ccccc3)c3ccccc3)ccc21. The first-order valence-electron chi connectivity index (χ1n) is 17.2. The minimum atomic E-state index is 0.508. The van der Waals surface area contributed by atoms with Gasteiger partial charge in [0.15, 0.2) is 0 Å². The summed E-state index contributed by atoms with van der Waals surface area (Å²) in [6.45, 7) is 4.43. The molecule has 0 saturated heterocycles. The monoisotopic (exact) mass is 658 g/mol. The zero-order chi connectivity index (χ0) is 34.3. The first-order chi connectivity index (χ1) is 25.1. The average Bonchev–Trinajstić information content (AvgIpc) is 3.80. The largest absolute Gasteiger partial charge is 0.334 e. The molecule has 0 bridgehead atoms. The number of aromatic nitrogens is 3. The van der Waals surface area contributed by atoms with E-state index in [0.717, 1.165) is 33.8 Å². The number of hydrogen-bond acceptors (Lipinski definition) is 4. The van der Waals surface area contributed by atoms with Crippen molar-refractivity contribution in [2.75, 3.05) is 4.90 Å². The summed E-state index contributed by atoms with van der Waals surface area (Å²) in [5.74, 6) is 1.09. The molecule has 9 aromatic rings. The van der Waals surface area contributed by atoms with E-state index in [1.165, 1.54) is 44.2 Å². The van der Waals surface area contributed by atoms with Crippen molar-refractivity contribution < 1.29 is 4.52 Å². The maximum Gasteiger partial charge on any atom is 0.258 e. The van der Waals surface area contributed by atoms with Crippen LogP contribution in [0.5, 0.6) is 0 Å². The highest BCUT2D eigenvalue weighted by Crippen LogP contribution is 2.41. The van der Waals surface area contributed by atoms with E-state index in [2.05, 4.69) is 173 Å². The van der Waals surface area contributed by atoms with Crippen LogP contribution in [0.3, 0.4) is 0 Å². The third-order valence-electron chi connectivity index (χ3n) is 9.58. The van der Waals surface area contributed by atoms with Crippen LogP contribution in [0.2, 0.25) is 0 Å².